The Bertz CT molecular complexity index is 846. The summed E-state index contributed by atoms with van der Waals surface area (Å²) in [5.74, 6) is -4.24. The highest BCUT2D eigenvalue weighted by atomic mass is 19.4. The van der Waals surface area contributed by atoms with Gasteiger partial charge in [-0.2, -0.15) is 22.8 Å². The van der Waals surface area contributed by atoms with Crippen LogP contribution in [0.3, 0.4) is 0 Å². The van der Waals surface area contributed by atoms with Crippen molar-refractivity contribution < 1.29 is 22.0 Å². The van der Waals surface area contributed by atoms with Crippen LogP contribution >= 0.6 is 0 Å². The van der Waals surface area contributed by atoms with E-state index in [-0.39, 0.29) is 16.9 Å². The molecule has 23 heavy (non-hydrogen) atoms. The molecule has 3 rings (SSSR count). The van der Waals surface area contributed by atoms with Crippen LogP contribution in [0.4, 0.5) is 22.0 Å². The van der Waals surface area contributed by atoms with Gasteiger partial charge in [-0.15, -0.1) is 10.2 Å². The van der Waals surface area contributed by atoms with Crippen LogP contribution in [0.1, 0.15) is 18.3 Å². The molecule has 3 aromatic rings. The van der Waals surface area contributed by atoms with Crippen molar-refractivity contribution in [2.45, 2.75) is 19.0 Å². The average molecular weight is 328 g/mol. The number of aromatic nitrogens is 4. The standard InChI is InChI=1S/C14H9F5N4/c1-13(15,16)9-4-2-8(3-5-9)10-6-7-11-20-21-12(14(17,18)19)23(11)22-10/h2-7H,1H3. The van der Waals surface area contributed by atoms with Crippen molar-refractivity contribution in [2.75, 3.05) is 0 Å². The van der Waals surface area contributed by atoms with Gasteiger partial charge in [0.1, 0.15) is 0 Å². The molecule has 1 aromatic carbocycles. The van der Waals surface area contributed by atoms with Crippen LogP contribution in [-0.2, 0) is 12.1 Å². The second kappa shape index (κ2) is 4.97. The Hall–Kier alpha value is -2.58. The van der Waals surface area contributed by atoms with Crippen LogP contribution in [0.5, 0.6) is 0 Å². The highest BCUT2D eigenvalue weighted by molar-refractivity contribution is 5.60. The molecule has 9 heteroatoms. The molecule has 2 aromatic heterocycles. The van der Waals surface area contributed by atoms with Crippen LogP contribution in [0.2, 0.25) is 0 Å². The minimum atomic E-state index is -4.70. The van der Waals surface area contributed by atoms with E-state index in [4.69, 9.17) is 0 Å². The normalized spacial score (nSPS) is 12.8. The minimum absolute atomic E-state index is 0.0576. The molecule has 120 valence electrons. The van der Waals surface area contributed by atoms with Gasteiger partial charge in [-0.1, -0.05) is 24.3 Å². The monoisotopic (exact) mass is 328 g/mol. The summed E-state index contributed by atoms with van der Waals surface area (Å²) in [6.45, 7) is 0.763. The molecular formula is C14H9F5N4. The lowest BCUT2D eigenvalue weighted by molar-refractivity contribution is -0.146. The van der Waals surface area contributed by atoms with Crippen molar-refractivity contribution in [2.24, 2.45) is 0 Å². The van der Waals surface area contributed by atoms with Crippen molar-refractivity contribution in [1.82, 2.24) is 19.8 Å². The van der Waals surface area contributed by atoms with Crippen molar-refractivity contribution in [3.05, 3.63) is 47.8 Å². The molecule has 0 spiro atoms. The van der Waals surface area contributed by atoms with E-state index < -0.39 is 17.9 Å². The summed E-state index contributed by atoms with van der Waals surface area (Å²) in [5.41, 5.74) is 0.343. The number of alkyl halides is 5. The number of benzene rings is 1. The van der Waals surface area contributed by atoms with Gasteiger partial charge in [0.15, 0.2) is 5.65 Å². The first kappa shape index (κ1) is 15.3. The number of nitrogens with zero attached hydrogens (tertiary/aromatic N) is 4. The lowest BCUT2D eigenvalue weighted by atomic mass is 10.1. The molecule has 0 atom stereocenters. The summed E-state index contributed by atoms with van der Waals surface area (Å²) < 4.78 is 65.4. The van der Waals surface area contributed by atoms with Gasteiger partial charge in [-0.05, 0) is 12.1 Å². The first-order valence-electron chi connectivity index (χ1n) is 6.44. The van der Waals surface area contributed by atoms with Crippen molar-refractivity contribution in [3.63, 3.8) is 0 Å². The molecule has 0 unspecified atom stereocenters. The Morgan fingerprint density at radius 2 is 1.52 bits per heavy atom. The Balaban J connectivity index is 2.07. The molecule has 0 aliphatic carbocycles. The molecule has 0 aliphatic heterocycles. The van der Waals surface area contributed by atoms with Gasteiger partial charge in [0.05, 0.1) is 5.69 Å². The number of hydrogen-bond donors (Lipinski definition) is 0. The van der Waals surface area contributed by atoms with Gasteiger partial charge in [0.2, 0.25) is 0 Å². The van der Waals surface area contributed by atoms with Crippen LogP contribution in [0.15, 0.2) is 36.4 Å². The van der Waals surface area contributed by atoms with E-state index in [0.29, 0.717) is 10.1 Å². The molecule has 0 amide bonds. The predicted molar refractivity (Wildman–Crippen MR) is 70.8 cm³/mol. The molecule has 0 bridgehead atoms. The molecular weight excluding hydrogens is 319 g/mol. The molecule has 0 saturated heterocycles. The molecule has 2 heterocycles. The predicted octanol–water partition coefficient (Wildman–Crippen LogP) is 3.92. The third kappa shape index (κ3) is 2.86. The van der Waals surface area contributed by atoms with E-state index >= 15 is 0 Å². The highest BCUT2D eigenvalue weighted by Crippen LogP contribution is 2.30. The lowest BCUT2D eigenvalue weighted by Crippen LogP contribution is -2.12. The maximum absolute atomic E-state index is 13.2. The average Bonchev–Trinajstić information content (AvgIpc) is 2.89. The van der Waals surface area contributed by atoms with Gasteiger partial charge < -0.3 is 0 Å². The molecule has 0 fully saturated rings. The number of hydrogen-bond acceptors (Lipinski definition) is 3. The first-order valence-corrected chi connectivity index (χ1v) is 6.44. The summed E-state index contributed by atoms with van der Waals surface area (Å²) in [6.07, 6.45) is -4.70. The minimum Gasteiger partial charge on any atom is -0.202 e. The molecule has 0 N–H and O–H groups in total. The summed E-state index contributed by atoms with van der Waals surface area (Å²) in [4.78, 5) is 0. The smallest absolute Gasteiger partial charge is 0.202 e. The van der Waals surface area contributed by atoms with Crippen molar-refractivity contribution in [3.8, 4) is 11.3 Å². The molecule has 0 saturated carbocycles. The van der Waals surface area contributed by atoms with E-state index in [1.165, 1.54) is 36.4 Å². The van der Waals surface area contributed by atoms with E-state index in [1.54, 1.807) is 0 Å². The zero-order valence-electron chi connectivity index (χ0n) is 11.6. The Kier molecular flexibility index (Phi) is 3.31. The van der Waals surface area contributed by atoms with E-state index in [1.807, 2.05) is 0 Å². The van der Waals surface area contributed by atoms with Gasteiger partial charge >= 0.3 is 6.18 Å². The van der Waals surface area contributed by atoms with E-state index in [2.05, 4.69) is 15.3 Å². The number of halogens is 5. The molecule has 0 aliphatic rings. The van der Waals surface area contributed by atoms with Crippen molar-refractivity contribution >= 4 is 5.65 Å². The van der Waals surface area contributed by atoms with Gasteiger partial charge in [0, 0.05) is 18.1 Å². The fourth-order valence-corrected chi connectivity index (χ4v) is 2.05. The Morgan fingerprint density at radius 3 is 2.09 bits per heavy atom. The molecule has 4 nitrogen and oxygen atoms in total. The summed E-state index contributed by atoms with van der Waals surface area (Å²) in [5, 5.41) is 10.3. The van der Waals surface area contributed by atoms with Crippen molar-refractivity contribution in [1.29, 1.82) is 0 Å². The highest BCUT2D eigenvalue weighted by Gasteiger charge is 2.37. The number of rotatable bonds is 2. The quantitative estimate of drug-likeness (QED) is 0.670. The van der Waals surface area contributed by atoms with Crippen LogP contribution in [0.25, 0.3) is 16.9 Å². The van der Waals surface area contributed by atoms with Gasteiger partial charge in [-0.25, -0.2) is 8.78 Å². The maximum Gasteiger partial charge on any atom is 0.453 e. The summed E-state index contributed by atoms with van der Waals surface area (Å²) >= 11 is 0. The van der Waals surface area contributed by atoms with Crippen LogP contribution < -0.4 is 0 Å². The fourth-order valence-electron chi connectivity index (χ4n) is 2.05. The Morgan fingerprint density at radius 1 is 0.870 bits per heavy atom. The Labute approximate surface area is 126 Å². The zero-order valence-corrected chi connectivity index (χ0v) is 11.6. The third-order valence-corrected chi connectivity index (χ3v) is 3.20. The second-order valence-electron chi connectivity index (χ2n) is 4.98. The largest absolute Gasteiger partial charge is 0.453 e. The van der Waals surface area contributed by atoms with Crippen LogP contribution in [-0.4, -0.2) is 19.8 Å². The fraction of sp³-hybridized carbons (Fsp3) is 0.214. The third-order valence-electron chi connectivity index (χ3n) is 3.20. The second-order valence-corrected chi connectivity index (χ2v) is 4.98. The first-order chi connectivity index (χ1) is 10.7. The van der Waals surface area contributed by atoms with Crippen LogP contribution in [0, 0.1) is 0 Å². The zero-order chi connectivity index (χ0) is 16.8. The van der Waals surface area contributed by atoms with E-state index in [0.717, 1.165) is 6.92 Å². The summed E-state index contributed by atoms with van der Waals surface area (Å²) in [6, 6.07) is 7.93. The topological polar surface area (TPSA) is 43.1 Å². The summed E-state index contributed by atoms with van der Waals surface area (Å²) in [7, 11) is 0. The van der Waals surface area contributed by atoms with Gasteiger partial charge in [-0.3, -0.25) is 0 Å². The van der Waals surface area contributed by atoms with E-state index in [9.17, 15) is 22.0 Å². The maximum atomic E-state index is 13.2. The lowest BCUT2D eigenvalue weighted by Gasteiger charge is -2.11. The molecule has 0 radical (unpaired) electrons. The number of fused-ring (bicyclic) bond motifs is 1. The SMILES string of the molecule is CC(F)(F)c1ccc(-c2ccc3nnc(C(F)(F)F)n3n2)cc1. The van der Waals surface area contributed by atoms with Gasteiger partial charge in [0.25, 0.3) is 11.7 Å².